The zero-order chi connectivity index (χ0) is 19.3. The van der Waals surface area contributed by atoms with Crippen molar-refractivity contribution < 1.29 is 13.2 Å². The summed E-state index contributed by atoms with van der Waals surface area (Å²) in [7, 11) is -0.427. The molecule has 1 saturated heterocycles. The summed E-state index contributed by atoms with van der Waals surface area (Å²) < 4.78 is 27.2. The van der Waals surface area contributed by atoms with Crippen LogP contribution in [0.5, 0.6) is 0 Å². The highest BCUT2D eigenvalue weighted by Crippen LogP contribution is 2.21. The van der Waals surface area contributed by atoms with Crippen LogP contribution in [-0.4, -0.2) is 50.1 Å². The normalized spacial score (nSPS) is 18.9. The van der Waals surface area contributed by atoms with Gasteiger partial charge in [-0.2, -0.15) is 17.0 Å². The molecule has 146 valence electrons. The third-order valence-corrected chi connectivity index (χ3v) is 6.96. The average Bonchev–Trinajstić information content (AvgIpc) is 2.65. The van der Waals surface area contributed by atoms with E-state index in [0.29, 0.717) is 19.5 Å². The molecule has 1 heterocycles. The van der Waals surface area contributed by atoms with E-state index in [1.54, 1.807) is 0 Å². The molecule has 1 unspecified atom stereocenters. The van der Waals surface area contributed by atoms with Crippen molar-refractivity contribution in [2.75, 3.05) is 27.2 Å². The molecule has 1 atom stereocenters. The molecule has 1 amide bonds. The van der Waals surface area contributed by atoms with Crippen LogP contribution in [0.25, 0.3) is 0 Å². The summed E-state index contributed by atoms with van der Waals surface area (Å²) >= 11 is 0. The first-order valence-corrected chi connectivity index (χ1v) is 10.7. The van der Waals surface area contributed by atoms with Crippen LogP contribution < -0.4 is 5.32 Å². The van der Waals surface area contributed by atoms with Gasteiger partial charge in [0.05, 0.1) is 5.92 Å². The van der Waals surface area contributed by atoms with Crippen LogP contribution in [-0.2, 0) is 34.4 Å². The van der Waals surface area contributed by atoms with Gasteiger partial charge in [0.25, 0.3) is 10.2 Å². The molecular weight excluding hydrogens is 350 g/mol. The molecule has 0 saturated carbocycles. The van der Waals surface area contributed by atoms with Gasteiger partial charge in [0, 0.05) is 33.7 Å². The summed E-state index contributed by atoms with van der Waals surface area (Å²) in [5, 5.41) is 3.02. The van der Waals surface area contributed by atoms with Gasteiger partial charge in [-0.1, -0.05) is 32.0 Å². The molecule has 0 radical (unpaired) electrons. The quantitative estimate of drug-likeness (QED) is 0.785. The van der Waals surface area contributed by atoms with E-state index in [1.807, 2.05) is 0 Å². The van der Waals surface area contributed by atoms with Gasteiger partial charge in [0.2, 0.25) is 5.91 Å². The van der Waals surface area contributed by atoms with E-state index in [4.69, 9.17) is 0 Å². The molecule has 0 aliphatic carbocycles. The highest BCUT2D eigenvalue weighted by molar-refractivity contribution is 7.86. The number of amides is 1. The van der Waals surface area contributed by atoms with Gasteiger partial charge in [-0.3, -0.25) is 4.79 Å². The molecule has 7 heteroatoms. The van der Waals surface area contributed by atoms with Crippen molar-refractivity contribution in [3.63, 3.8) is 0 Å². The Morgan fingerprint density at radius 2 is 1.96 bits per heavy atom. The molecule has 1 aromatic rings. The fraction of sp³-hybridized carbons (Fsp3) is 0.632. The van der Waals surface area contributed by atoms with E-state index >= 15 is 0 Å². The number of hydrogen-bond acceptors (Lipinski definition) is 3. The van der Waals surface area contributed by atoms with E-state index in [2.05, 4.69) is 37.4 Å². The Bertz CT molecular complexity index is 732. The van der Waals surface area contributed by atoms with Crippen molar-refractivity contribution in [1.82, 2.24) is 13.9 Å². The molecule has 1 aromatic carbocycles. The largest absolute Gasteiger partial charge is 0.352 e. The standard InChI is InChI=1S/C19H31N3O3S/c1-5-15-9-10-16(6-2)18(12-15)13-20-19(23)17-8-7-11-22(14-17)26(24,25)21(3)4/h9-10,12,17H,5-8,11,13-14H2,1-4H3,(H,20,23). The minimum Gasteiger partial charge on any atom is -0.352 e. The minimum absolute atomic E-state index is 0.0624. The van der Waals surface area contributed by atoms with E-state index in [9.17, 15) is 13.2 Å². The maximum Gasteiger partial charge on any atom is 0.281 e. The molecule has 26 heavy (non-hydrogen) atoms. The second-order valence-electron chi connectivity index (χ2n) is 7.02. The van der Waals surface area contributed by atoms with Gasteiger partial charge in [0.15, 0.2) is 0 Å². The van der Waals surface area contributed by atoms with Crippen LogP contribution >= 0.6 is 0 Å². The smallest absolute Gasteiger partial charge is 0.281 e. The number of benzene rings is 1. The first-order valence-electron chi connectivity index (χ1n) is 9.35. The second-order valence-corrected chi connectivity index (χ2v) is 9.16. The monoisotopic (exact) mass is 381 g/mol. The maximum absolute atomic E-state index is 12.6. The molecule has 1 aliphatic rings. The van der Waals surface area contributed by atoms with Crippen LogP contribution in [0.2, 0.25) is 0 Å². The number of carbonyl (C=O) groups is 1. The minimum atomic E-state index is -3.47. The SMILES string of the molecule is CCc1ccc(CC)c(CNC(=O)C2CCCN(S(=O)(=O)N(C)C)C2)c1. The van der Waals surface area contributed by atoms with Crippen LogP contribution in [0.1, 0.15) is 43.4 Å². The third-order valence-electron chi connectivity index (χ3n) is 5.06. The van der Waals surface area contributed by atoms with Gasteiger partial charge in [-0.15, -0.1) is 0 Å². The fourth-order valence-corrected chi connectivity index (χ4v) is 4.52. The van der Waals surface area contributed by atoms with E-state index in [1.165, 1.54) is 33.8 Å². The summed E-state index contributed by atoms with van der Waals surface area (Å²) in [5.41, 5.74) is 3.64. The average molecular weight is 382 g/mol. The number of hydrogen-bond donors (Lipinski definition) is 1. The van der Waals surface area contributed by atoms with Crippen molar-refractivity contribution in [3.05, 3.63) is 34.9 Å². The highest BCUT2D eigenvalue weighted by Gasteiger charge is 2.33. The van der Waals surface area contributed by atoms with Crippen LogP contribution in [0.15, 0.2) is 18.2 Å². The van der Waals surface area contributed by atoms with Crippen molar-refractivity contribution in [2.45, 2.75) is 46.1 Å². The summed E-state index contributed by atoms with van der Waals surface area (Å²) in [6.07, 6.45) is 3.32. The topological polar surface area (TPSA) is 69.7 Å². The molecule has 1 aliphatic heterocycles. The van der Waals surface area contributed by atoms with E-state index in [-0.39, 0.29) is 18.4 Å². The van der Waals surface area contributed by atoms with Gasteiger partial charge in [-0.05, 0) is 42.4 Å². The van der Waals surface area contributed by atoms with Crippen LogP contribution in [0.3, 0.4) is 0 Å². The van der Waals surface area contributed by atoms with Crippen molar-refractivity contribution in [3.8, 4) is 0 Å². The van der Waals surface area contributed by atoms with Gasteiger partial charge >= 0.3 is 0 Å². The summed E-state index contributed by atoms with van der Waals surface area (Å²) in [5.74, 6) is -0.356. The lowest BCUT2D eigenvalue weighted by atomic mass is 9.97. The zero-order valence-electron chi connectivity index (χ0n) is 16.3. The molecular formula is C19H31N3O3S. The molecule has 0 spiro atoms. The number of rotatable bonds is 7. The lowest BCUT2D eigenvalue weighted by molar-refractivity contribution is -0.126. The molecule has 2 rings (SSSR count). The molecule has 6 nitrogen and oxygen atoms in total. The highest BCUT2D eigenvalue weighted by atomic mass is 32.2. The molecule has 0 bridgehead atoms. The van der Waals surface area contributed by atoms with Crippen LogP contribution in [0.4, 0.5) is 0 Å². The zero-order valence-corrected chi connectivity index (χ0v) is 17.1. The van der Waals surface area contributed by atoms with Gasteiger partial charge in [0.1, 0.15) is 0 Å². The number of aryl methyl sites for hydroxylation is 2. The summed E-state index contributed by atoms with van der Waals surface area (Å²) in [4.78, 5) is 12.6. The summed E-state index contributed by atoms with van der Waals surface area (Å²) in [6, 6.07) is 6.42. The van der Waals surface area contributed by atoms with Gasteiger partial charge in [-0.25, -0.2) is 0 Å². The number of nitrogens with zero attached hydrogens (tertiary/aromatic N) is 2. The van der Waals surface area contributed by atoms with Gasteiger partial charge < -0.3 is 5.32 Å². The molecule has 1 fully saturated rings. The molecule has 1 N–H and O–H groups in total. The Morgan fingerprint density at radius 1 is 1.23 bits per heavy atom. The van der Waals surface area contributed by atoms with E-state index in [0.717, 1.165) is 24.8 Å². The molecule has 0 aromatic heterocycles. The Morgan fingerprint density at radius 3 is 2.58 bits per heavy atom. The predicted octanol–water partition coefficient (Wildman–Crippen LogP) is 1.95. The van der Waals surface area contributed by atoms with Crippen molar-refractivity contribution in [2.24, 2.45) is 5.92 Å². The van der Waals surface area contributed by atoms with Crippen molar-refractivity contribution in [1.29, 1.82) is 0 Å². The first kappa shape index (κ1) is 20.9. The number of nitrogens with one attached hydrogen (secondary N) is 1. The van der Waals surface area contributed by atoms with Crippen molar-refractivity contribution >= 4 is 16.1 Å². The third kappa shape index (κ3) is 4.84. The number of carbonyl (C=O) groups excluding carboxylic acids is 1. The number of piperidine rings is 1. The van der Waals surface area contributed by atoms with Crippen LogP contribution in [0, 0.1) is 5.92 Å². The Balaban J connectivity index is 2.02. The summed E-state index contributed by atoms with van der Waals surface area (Å²) in [6.45, 7) is 5.44. The maximum atomic E-state index is 12.6. The lowest BCUT2D eigenvalue weighted by Gasteiger charge is -2.32. The Labute approximate surface area is 157 Å². The Kier molecular flexibility index (Phi) is 7.20. The van der Waals surface area contributed by atoms with E-state index < -0.39 is 10.2 Å². The lowest BCUT2D eigenvalue weighted by Crippen LogP contribution is -2.48. The Hall–Kier alpha value is -1.44. The second kappa shape index (κ2) is 8.97. The predicted molar refractivity (Wildman–Crippen MR) is 104 cm³/mol. The fourth-order valence-electron chi connectivity index (χ4n) is 3.33. The first-order chi connectivity index (χ1) is 12.3.